The fourth-order valence-electron chi connectivity index (χ4n) is 4.73. The van der Waals surface area contributed by atoms with Gasteiger partial charge in [-0.3, -0.25) is 4.98 Å². The minimum absolute atomic E-state index is 0.00589. The Kier molecular flexibility index (Phi) is 6.49. The summed E-state index contributed by atoms with van der Waals surface area (Å²) in [6.45, 7) is 2.43. The smallest absolute Gasteiger partial charge is 0.416 e. The van der Waals surface area contributed by atoms with E-state index in [9.17, 15) is 9.90 Å². The summed E-state index contributed by atoms with van der Waals surface area (Å²) in [5, 5.41) is 9.88. The van der Waals surface area contributed by atoms with Gasteiger partial charge < -0.3 is 24.0 Å². The van der Waals surface area contributed by atoms with Crippen LogP contribution >= 0.6 is 11.6 Å². The molecule has 1 fully saturated rings. The Balaban J connectivity index is 1.20. The molecule has 0 amide bonds. The van der Waals surface area contributed by atoms with Crippen molar-refractivity contribution < 1.29 is 19.0 Å². The molecule has 4 heterocycles. The molecule has 3 N–H and O–H groups in total. The predicted octanol–water partition coefficient (Wildman–Crippen LogP) is 5.06. The zero-order chi connectivity index (χ0) is 26.2. The average molecular weight is 533 g/mol. The Morgan fingerprint density at radius 1 is 1.05 bits per heavy atom. The first-order chi connectivity index (χ1) is 18.5. The Hall–Kier alpha value is -3.92. The number of aliphatic hydroxyl groups excluding tert-OH is 1. The van der Waals surface area contributed by atoms with Gasteiger partial charge in [-0.25, -0.2) is 9.78 Å². The number of oxazole rings is 1. The highest BCUT2D eigenvalue weighted by atomic mass is 35.5. The third kappa shape index (κ3) is 4.83. The van der Waals surface area contributed by atoms with E-state index in [0.29, 0.717) is 40.3 Å². The molecule has 2 aromatic carbocycles. The molecule has 0 unspecified atom stereocenters. The number of nitrogens with one attached hydrogen (secondary N) is 2. The highest BCUT2D eigenvalue weighted by Gasteiger charge is 2.29. The second-order valence-corrected chi connectivity index (χ2v) is 9.84. The van der Waals surface area contributed by atoms with E-state index >= 15 is 0 Å². The van der Waals surface area contributed by atoms with Gasteiger partial charge in [0.15, 0.2) is 11.4 Å². The first kappa shape index (κ1) is 24.4. The van der Waals surface area contributed by atoms with Gasteiger partial charge in [0, 0.05) is 11.1 Å². The number of benzene rings is 2. The van der Waals surface area contributed by atoms with Crippen LogP contribution in [0.1, 0.15) is 13.3 Å². The number of imidazole rings is 1. The quantitative estimate of drug-likeness (QED) is 0.279. The second kappa shape index (κ2) is 10.1. The van der Waals surface area contributed by atoms with E-state index in [2.05, 4.69) is 15.0 Å². The molecule has 3 atom stereocenters. The van der Waals surface area contributed by atoms with Crippen LogP contribution in [0.2, 0.25) is 5.02 Å². The van der Waals surface area contributed by atoms with Crippen LogP contribution < -0.4 is 10.5 Å². The van der Waals surface area contributed by atoms with Gasteiger partial charge in [0.2, 0.25) is 0 Å². The molecule has 5 aromatic rings. The Bertz CT molecular complexity index is 1620. The molecule has 0 bridgehead atoms. The number of aromatic nitrogens is 4. The van der Waals surface area contributed by atoms with E-state index < -0.39 is 5.76 Å². The van der Waals surface area contributed by atoms with Crippen molar-refractivity contribution in [1.82, 2.24) is 19.9 Å². The Morgan fingerprint density at radius 2 is 1.74 bits per heavy atom. The number of nitrogens with zero attached hydrogens (tertiary/aromatic N) is 2. The minimum atomic E-state index is -0.478. The maximum absolute atomic E-state index is 11.2. The summed E-state index contributed by atoms with van der Waals surface area (Å²) in [5.74, 6) is 0.205. The molecule has 0 aliphatic carbocycles. The lowest BCUT2D eigenvalue weighted by atomic mass is 9.95. The van der Waals surface area contributed by atoms with E-state index in [-0.39, 0.29) is 24.7 Å². The number of fused-ring (bicyclic) bond motifs is 1. The zero-order valence-corrected chi connectivity index (χ0v) is 21.2. The van der Waals surface area contributed by atoms with E-state index in [1.165, 1.54) is 0 Å². The maximum atomic E-state index is 11.2. The van der Waals surface area contributed by atoms with E-state index in [1.54, 1.807) is 12.3 Å². The van der Waals surface area contributed by atoms with Gasteiger partial charge >= 0.3 is 5.76 Å². The Morgan fingerprint density at radius 3 is 2.37 bits per heavy atom. The molecule has 3 aromatic heterocycles. The van der Waals surface area contributed by atoms with Crippen LogP contribution in [-0.2, 0) is 4.74 Å². The van der Waals surface area contributed by atoms with Gasteiger partial charge in [0.05, 0.1) is 41.7 Å². The molecule has 10 heteroatoms. The van der Waals surface area contributed by atoms with Crippen molar-refractivity contribution in [2.75, 3.05) is 13.2 Å². The van der Waals surface area contributed by atoms with Gasteiger partial charge in [0.25, 0.3) is 6.01 Å². The molecule has 194 valence electrons. The molecular weight excluding hydrogens is 508 g/mol. The number of rotatable bonds is 6. The Labute approximate surface area is 222 Å². The number of aromatic amines is 2. The van der Waals surface area contributed by atoms with Crippen molar-refractivity contribution in [1.29, 1.82) is 0 Å². The van der Waals surface area contributed by atoms with Gasteiger partial charge in [-0.15, -0.1) is 0 Å². The molecule has 6 rings (SSSR count). The summed E-state index contributed by atoms with van der Waals surface area (Å²) in [4.78, 5) is 26.1. The number of halogens is 1. The molecule has 1 aliphatic rings. The van der Waals surface area contributed by atoms with Crippen molar-refractivity contribution in [3.05, 3.63) is 76.4 Å². The minimum Gasteiger partial charge on any atom is -0.459 e. The van der Waals surface area contributed by atoms with Gasteiger partial charge in [-0.1, -0.05) is 67.1 Å². The van der Waals surface area contributed by atoms with Crippen molar-refractivity contribution in [3.63, 3.8) is 0 Å². The number of ether oxygens (including phenoxy) is 2. The molecule has 0 spiro atoms. The lowest BCUT2D eigenvalue weighted by Crippen LogP contribution is -2.40. The zero-order valence-electron chi connectivity index (χ0n) is 20.5. The highest BCUT2D eigenvalue weighted by Crippen LogP contribution is 2.32. The van der Waals surface area contributed by atoms with Crippen LogP contribution in [0.25, 0.3) is 44.9 Å². The molecule has 0 radical (unpaired) electrons. The topological polar surface area (TPSA) is 126 Å². The lowest BCUT2D eigenvalue weighted by molar-refractivity contribution is -0.0958. The first-order valence-corrected chi connectivity index (χ1v) is 12.7. The summed E-state index contributed by atoms with van der Waals surface area (Å²) in [7, 11) is 0. The van der Waals surface area contributed by atoms with E-state index in [1.807, 2.05) is 55.5 Å². The molecule has 9 nitrogen and oxygen atoms in total. The normalized spacial score (nSPS) is 19.6. The third-order valence-corrected chi connectivity index (χ3v) is 7.10. The van der Waals surface area contributed by atoms with Crippen LogP contribution in [-0.4, -0.2) is 50.5 Å². The van der Waals surface area contributed by atoms with Gasteiger partial charge in [-0.05, 0) is 29.5 Å². The van der Waals surface area contributed by atoms with E-state index in [0.717, 1.165) is 28.7 Å². The number of pyridine rings is 1. The maximum Gasteiger partial charge on any atom is 0.416 e. The number of aliphatic hydroxyl groups is 1. The van der Waals surface area contributed by atoms with Crippen LogP contribution in [0.4, 0.5) is 0 Å². The largest absolute Gasteiger partial charge is 0.459 e. The summed E-state index contributed by atoms with van der Waals surface area (Å²) >= 11 is 6.60. The fourth-order valence-corrected chi connectivity index (χ4v) is 4.99. The SMILES string of the molecule is C[C@H]1C[C@@H](Oc2nc3nc(-c4ccc(-c5ccc(-c6c[nH]c(=O)o6)cc5)cc4)c(Cl)cc3[nH]2)CO[C@@H]1CO. The van der Waals surface area contributed by atoms with Gasteiger partial charge in [0.1, 0.15) is 6.10 Å². The van der Waals surface area contributed by atoms with E-state index in [4.69, 9.17) is 30.5 Å². The monoisotopic (exact) mass is 532 g/mol. The number of hydrogen-bond donors (Lipinski definition) is 3. The van der Waals surface area contributed by atoms with Crippen LogP contribution in [0.3, 0.4) is 0 Å². The van der Waals surface area contributed by atoms with Crippen LogP contribution in [0.5, 0.6) is 6.01 Å². The average Bonchev–Trinajstić information content (AvgIpc) is 3.53. The summed E-state index contributed by atoms with van der Waals surface area (Å²) in [6.07, 6.45) is 1.99. The van der Waals surface area contributed by atoms with Gasteiger partial charge in [-0.2, -0.15) is 4.98 Å². The van der Waals surface area contributed by atoms with Crippen molar-refractivity contribution >= 4 is 22.8 Å². The molecule has 1 saturated heterocycles. The third-order valence-electron chi connectivity index (χ3n) is 6.81. The summed E-state index contributed by atoms with van der Waals surface area (Å²) < 4.78 is 16.8. The lowest BCUT2D eigenvalue weighted by Gasteiger charge is -2.32. The van der Waals surface area contributed by atoms with Crippen molar-refractivity contribution in [2.45, 2.75) is 25.6 Å². The first-order valence-electron chi connectivity index (χ1n) is 12.3. The number of hydrogen-bond acceptors (Lipinski definition) is 7. The highest BCUT2D eigenvalue weighted by molar-refractivity contribution is 6.33. The molecule has 0 saturated carbocycles. The standard InChI is InChI=1S/C28H25ClN4O5/c1-15-10-20(14-36-24(15)13-34)37-27-31-22-11-21(29)25(32-26(22)33-27)19-8-4-17(5-9-19)16-2-6-18(7-3-16)23-12-30-28(35)38-23/h2-9,11-12,15,20,24,34H,10,13-14H2,1H3,(H,30,35)(H,31,32,33)/t15-,20+,24+/m0/s1. The second-order valence-electron chi connectivity index (χ2n) is 9.44. The van der Waals surface area contributed by atoms with Crippen LogP contribution in [0, 0.1) is 5.92 Å². The molecular formula is C28H25ClN4O5. The van der Waals surface area contributed by atoms with Crippen molar-refractivity contribution in [2.24, 2.45) is 5.92 Å². The predicted molar refractivity (Wildman–Crippen MR) is 143 cm³/mol. The molecule has 38 heavy (non-hydrogen) atoms. The fraction of sp³-hybridized carbons (Fsp3) is 0.250. The van der Waals surface area contributed by atoms with Crippen molar-refractivity contribution in [3.8, 4) is 39.7 Å². The number of H-pyrrole nitrogens is 2. The van der Waals surface area contributed by atoms with Crippen LogP contribution in [0.15, 0.2) is 70.0 Å². The molecule has 1 aliphatic heterocycles. The summed E-state index contributed by atoms with van der Waals surface area (Å²) in [5.41, 5.74) is 5.54. The summed E-state index contributed by atoms with van der Waals surface area (Å²) in [6, 6.07) is 17.9.